The molecule has 3 heteroatoms. The molecular weight excluding hydrogens is 227 g/mol. The van der Waals surface area contributed by atoms with E-state index in [1.807, 2.05) is 0 Å². The van der Waals surface area contributed by atoms with Crippen LogP contribution in [0.4, 0.5) is 0 Å². The molecule has 0 bridgehead atoms. The van der Waals surface area contributed by atoms with Crippen LogP contribution in [0, 0.1) is 0 Å². The number of rotatable bonds is 6. The monoisotopic (exact) mass is 246 g/mol. The van der Waals surface area contributed by atoms with Crippen molar-refractivity contribution in [3.63, 3.8) is 0 Å². The zero-order chi connectivity index (χ0) is 10.3. The average molecular weight is 246 g/mol. The predicted octanol–water partition coefficient (Wildman–Crippen LogP) is 2.41. The number of carboxylic acid groups (broad SMARTS) is 1. The molecule has 0 aromatic carbocycles. The van der Waals surface area contributed by atoms with E-state index in [0.717, 1.165) is 6.42 Å². The van der Waals surface area contributed by atoms with Gasteiger partial charge in [0.15, 0.2) is 0 Å². The molecule has 0 heterocycles. The van der Waals surface area contributed by atoms with Gasteiger partial charge in [0.25, 0.3) is 0 Å². The predicted molar refractivity (Wildman–Crippen MR) is 57.5 cm³/mol. The van der Waals surface area contributed by atoms with E-state index in [1.165, 1.54) is 22.4 Å². The van der Waals surface area contributed by atoms with Gasteiger partial charge in [0.05, 0.1) is 0 Å². The van der Waals surface area contributed by atoms with Gasteiger partial charge in [-0.2, -0.15) is 0 Å². The first-order valence-corrected chi connectivity index (χ1v) is 7.33. The van der Waals surface area contributed by atoms with Crippen LogP contribution >= 0.6 is 0 Å². The van der Waals surface area contributed by atoms with Gasteiger partial charge in [-0.05, 0) is 0 Å². The molecule has 1 N–H and O–H groups in total. The molecule has 0 fully saturated rings. The molecule has 76 valence electrons. The van der Waals surface area contributed by atoms with Gasteiger partial charge in [-0.25, -0.2) is 0 Å². The maximum absolute atomic E-state index is 10.7. The normalized spacial score (nSPS) is 13.5. The molecule has 0 spiro atoms. The first-order chi connectivity index (χ1) is 6.13. The summed E-state index contributed by atoms with van der Waals surface area (Å²) in [7, 11) is 0. The van der Waals surface area contributed by atoms with E-state index >= 15 is 0 Å². The second kappa shape index (κ2) is 7.20. The van der Waals surface area contributed by atoms with E-state index in [1.54, 1.807) is 6.92 Å². The summed E-state index contributed by atoms with van der Waals surface area (Å²) in [6.45, 7) is 5.96. The summed E-state index contributed by atoms with van der Waals surface area (Å²) in [4.78, 5) is 10.7. The van der Waals surface area contributed by atoms with Crippen LogP contribution in [0.1, 0.15) is 40.0 Å². The summed E-state index contributed by atoms with van der Waals surface area (Å²) in [6.07, 6.45) is 3.38. The van der Waals surface area contributed by atoms with Gasteiger partial charge in [0.1, 0.15) is 0 Å². The molecule has 0 aliphatic heterocycles. The fourth-order valence-electron chi connectivity index (χ4n) is 1.07. The number of hydrogen-bond acceptors (Lipinski definition) is 1. The minimum absolute atomic E-state index is 0.155. The van der Waals surface area contributed by atoms with Crippen LogP contribution in [0.3, 0.4) is 0 Å². The summed E-state index contributed by atoms with van der Waals surface area (Å²) in [6, 6.07) is 0. The van der Waals surface area contributed by atoms with Gasteiger partial charge in [-0.1, -0.05) is 0 Å². The molecule has 0 aromatic rings. The topological polar surface area (TPSA) is 37.3 Å². The molecule has 2 nitrogen and oxygen atoms in total. The van der Waals surface area contributed by atoms with Gasteiger partial charge >= 0.3 is 86.8 Å². The Bertz CT molecular complexity index is 197. The molecule has 0 aromatic heterocycles. The Labute approximate surface area is 87.1 Å². The first kappa shape index (κ1) is 12.8. The van der Waals surface area contributed by atoms with E-state index in [0.29, 0.717) is 5.57 Å². The Morgan fingerprint density at radius 3 is 2.38 bits per heavy atom. The van der Waals surface area contributed by atoms with Crippen LogP contribution in [0.15, 0.2) is 9.93 Å². The van der Waals surface area contributed by atoms with Crippen LogP contribution in [0.25, 0.3) is 0 Å². The maximum atomic E-state index is 10.7. The number of carboxylic acids is 1. The molecule has 13 heavy (non-hydrogen) atoms. The first-order valence-electron chi connectivity index (χ1n) is 4.80. The zero-order valence-corrected chi connectivity index (χ0v) is 10.8. The third-order valence-electron chi connectivity index (χ3n) is 2.00. The number of hydrogen-bond donors (Lipinski definition) is 1. The standard InChI is InChI=1S/C10H19AsO2/c1-4-6-7-11-9(5-2)8(3)10(12)13/h11H,4-7H2,1-3H3,(H,12,13)/b9-8+. The average Bonchev–Trinajstić information content (AvgIpc) is 2.11. The van der Waals surface area contributed by atoms with Crippen molar-refractivity contribution in [2.24, 2.45) is 0 Å². The van der Waals surface area contributed by atoms with Gasteiger partial charge in [-0.15, -0.1) is 0 Å². The molecule has 0 rings (SSSR count). The summed E-state index contributed by atoms with van der Waals surface area (Å²) in [5.41, 5.74) is 0.596. The fourth-order valence-corrected chi connectivity index (χ4v) is 4.12. The van der Waals surface area contributed by atoms with Gasteiger partial charge < -0.3 is 0 Å². The number of aliphatic carboxylic acids is 1. The van der Waals surface area contributed by atoms with Crippen molar-refractivity contribution in [2.45, 2.75) is 45.2 Å². The molecule has 0 aliphatic rings. The second-order valence-corrected chi connectivity index (χ2v) is 6.10. The molecular formula is C10H19AsO2. The van der Waals surface area contributed by atoms with E-state index in [-0.39, 0.29) is 15.8 Å². The third-order valence-corrected chi connectivity index (χ3v) is 5.69. The number of allylic oxidation sites excluding steroid dienone is 1. The van der Waals surface area contributed by atoms with Crippen molar-refractivity contribution in [1.29, 1.82) is 0 Å². The van der Waals surface area contributed by atoms with Crippen molar-refractivity contribution in [2.75, 3.05) is 0 Å². The van der Waals surface area contributed by atoms with Crippen molar-refractivity contribution < 1.29 is 9.90 Å². The second-order valence-electron chi connectivity index (χ2n) is 3.04. The van der Waals surface area contributed by atoms with E-state index in [4.69, 9.17) is 5.11 Å². The van der Waals surface area contributed by atoms with Crippen LogP contribution in [0.5, 0.6) is 0 Å². The van der Waals surface area contributed by atoms with Gasteiger partial charge in [-0.3, -0.25) is 0 Å². The molecule has 0 saturated heterocycles. The fraction of sp³-hybridized carbons (Fsp3) is 0.700. The van der Waals surface area contributed by atoms with E-state index in [9.17, 15) is 4.79 Å². The van der Waals surface area contributed by atoms with Crippen LogP contribution < -0.4 is 0 Å². The van der Waals surface area contributed by atoms with Crippen molar-refractivity contribution in [1.82, 2.24) is 0 Å². The number of unbranched alkanes of at least 4 members (excludes halogenated alkanes) is 1. The molecule has 0 aliphatic carbocycles. The summed E-state index contributed by atoms with van der Waals surface area (Å²) >= 11 is -0.155. The summed E-state index contributed by atoms with van der Waals surface area (Å²) in [5.74, 6) is -0.739. The van der Waals surface area contributed by atoms with Crippen LogP contribution in [-0.2, 0) is 4.79 Å². The van der Waals surface area contributed by atoms with E-state index in [2.05, 4.69) is 13.8 Å². The van der Waals surface area contributed by atoms with Gasteiger partial charge in [0, 0.05) is 0 Å². The van der Waals surface area contributed by atoms with Crippen molar-refractivity contribution in [3.05, 3.63) is 9.93 Å². The Morgan fingerprint density at radius 2 is 2.00 bits per heavy atom. The molecule has 1 unspecified atom stereocenters. The molecule has 0 amide bonds. The van der Waals surface area contributed by atoms with Crippen molar-refractivity contribution >= 4 is 21.7 Å². The molecule has 0 saturated carbocycles. The van der Waals surface area contributed by atoms with Crippen LogP contribution in [-0.4, -0.2) is 26.8 Å². The van der Waals surface area contributed by atoms with Crippen molar-refractivity contribution in [3.8, 4) is 0 Å². The number of carbonyl (C=O) groups is 1. The minimum atomic E-state index is -0.739. The quantitative estimate of drug-likeness (QED) is 0.444. The Balaban J connectivity index is 4.15. The summed E-state index contributed by atoms with van der Waals surface area (Å²) < 4.78 is 1.22. The van der Waals surface area contributed by atoms with Crippen LogP contribution in [0.2, 0.25) is 5.21 Å². The Kier molecular flexibility index (Phi) is 7.07. The van der Waals surface area contributed by atoms with Gasteiger partial charge in [0.2, 0.25) is 0 Å². The Hall–Kier alpha value is -0.232. The Morgan fingerprint density at radius 1 is 1.38 bits per heavy atom. The molecule has 1 atom stereocenters. The summed E-state index contributed by atoms with van der Waals surface area (Å²) in [5, 5.41) is 10.0. The van der Waals surface area contributed by atoms with E-state index < -0.39 is 5.97 Å². The third kappa shape index (κ3) is 5.15. The SMILES string of the molecule is CCCC[AsH]/C(CC)=C(\C)C(=O)O. The zero-order valence-electron chi connectivity index (χ0n) is 8.68. The molecule has 0 radical (unpaired) electrons.